The van der Waals surface area contributed by atoms with Crippen molar-refractivity contribution >= 4 is 8.80 Å². The molecule has 0 atom stereocenters. The van der Waals surface area contributed by atoms with Gasteiger partial charge in [0.25, 0.3) is 0 Å². The molecule has 0 aromatic rings. The van der Waals surface area contributed by atoms with Gasteiger partial charge in [0, 0.05) is 23.9 Å². The van der Waals surface area contributed by atoms with E-state index in [-0.39, 0.29) is 0 Å². The van der Waals surface area contributed by atoms with Crippen molar-refractivity contribution in [2.45, 2.75) is 133 Å². The van der Waals surface area contributed by atoms with Crippen LogP contribution in [0.5, 0.6) is 0 Å². The molecule has 3 nitrogen and oxygen atoms in total. The van der Waals surface area contributed by atoms with E-state index >= 15 is 0 Å². The Morgan fingerprint density at radius 2 is 0.720 bits per heavy atom. The Balaban J connectivity index is 1.55. The Morgan fingerprint density at radius 1 is 0.400 bits per heavy atom. The summed E-state index contributed by atoms with van der Waals surface area (Å²) in [6.45, 7) is 0. The molecule has 0 radical (unpaired) electrons. The molecule has 25 heavy (non-hydrogen) atoms. The predicted molar refractivity (Wildman–Crippen MR) is 103 cm³/mol. The minimum atomic E-state index is -2.59. The van der Waals surface area contributed by atoms with E-state index in [1.54, 1.807) is 0 Å². The Labute approximate surface area is 155 Å². The highest BCUT2D eigenvalue weighted by Crippen LogP contribution is 2.44. The molecule has 0 N–H and O–H groups in total. The molecule has 0 saturated heterocycles. The van der Waals surface area contributed by atoms with Crippen LogP contribution in [0.3, 0.4) is 0 Å². The van der Waals surface area contributed by atoms with Crippen LogP contribution in [-0.4, -0.2) is 27.1 Å². The molecule has 0 bridgehead atoms. The molecule has 0 spiro atoms. The summed E-state index contributed by atoms with van der Waals surface area (Å²) in [5, 5.41) is 0. The van der Waals surface area contributed by atoms with Crippen LogP contribution in [0.2, 0.25) is 5.54 Å². The smallest absolute Gasteiger partial charge is 0.370 e. The highest BCUT2D eigenvalue weighted by molar-refractivity contribution is 6.62. The van der Waals surface area contributed by atoms with Crippen molar-refractivity contribution in [3.63, 3.8) is 0 Å². The predicted octanol–water partition coefficient (Wildman–Crippen LogP) is 6.14. The third-order valence-electron chi connectivity index (χ3n) is 7.00. The van der Waals surface area contributed by atoms with E-state index in [4.69, 9.17) is 13.3 Å². The largest absolute Gasteiger partial charge is 0.504 e. The van der Waals surface area contributed by atoms with Crippen molar-refractivity contribution in [2.75, 3.05) is 0 Å². The van der Waals surface area contributed by atoms with Gasteiger partial charge in [-0.3, -0.25) is 0 Å². The van der Waals surface area contributed by atoms with Crippen LogP contribution >= 0.6 is 0 Å². The van der Waals surface area contributed by atoms with Gasteiger partial charge < -0.3 is 13.3 Å². The van der Waals surface area contributed by atoms with Gasteiger partial charge in [-0.2, -0.15) is 0 Å². The SMILES string of the molecule is C1CCC([Si](OC2CCCC2)(OC2CCCC2)OC2CCCC2)CC1. The van der Waals surface area contributed by atoms with Crippen molar-refractivity contribution in [2.24, 2.45) is 0 Å². The minimum absolute atomic E-state index is 0.413. The molecule has 4 aliphatic rings. The summed E-state index contributed by atoms with van der Waals surface area (Å²) in [7, 11) is -2.59. The van der Waals surface area contributed by atoms with Crippen LogP contribution in [0.25, 0.3) is 0 Å². The second-order valence-corrected chi connectivity index (χ2v) is 11.7. The zero-order valence-electron chi connectivity index (χ0n) is 16.1. The maximum absolute atomic E-state index is 6.96. The molecule has 0 unspecified atom stereocenters. The molecule has 144 valence electrons. The van der Waals surface area contributed by atoms with E-state index in [0.717, 1.165) is 0 Å². The van der Waals surface area contributed by atoms with Gasteiger partial charge in [-0.1, -0.05) is 57.8 Å². The van der Waals surface area contributed by atoms with Crippen LogP contribution in [0.15, 0.2) is 0 Å². The Bertz CT molecular complexity index is 346. The first-order valence-electron chi connectivity index (χ1n) is 11.4. The molecule has 4 rings (SSSR count). The molecule has 4 aliphatic carbocycles. The van der Waals surface area contributed by atoms with Crippen LogP contribution in [0.4, 0.5) is 0 Å². The molecule has 4 saturated carbocycles. The van der Waals surface area contributed by atoms with E-state index in [0.29, 0.717) is 23.9 Å². The van der Waals surface area contributed by atoms with Crippen molar-refractivity contribution in [3.8, 4) is 0 Å². The molecule has 4 fully saturated rings. The summed E-state index contributed by atoms with van der Waals surface area (Å²) in [6, 6.07) is 0. The van der Waals surface area contributed by atoms with Crippen molar-refractivity contribution in [3.05, 3.63) is 0 Å². The molecular weight excluding hydrogens is 328 g/mol. The molecule has 0 aromatic heterocycles. The van der Waals surface area contributed by atoms with E-state index in [2.05, 4.69) is 0 Å². The lowest BCUT2D eigenvalue weighted by molar-refractivity contribution is -0.0261. The second-order valence-electron chi connectivity index (χ2n) is 9.01. The zero-order valence-corrected chi connectivity index (χ0v) is 17.1. The first-order chi connectivity index (χ1) is 12.3. The fourth-order valence-corrected chi connectivity index (χ4v) is 9.50. The van der Waals surface area contributed by atoms with Gasteiger partial charge in [0.05, 0.1) is 0 Å². The topological polar surface area (TPSA) is 27.7 Å². The Hall–Kier alpha value is 0.0969. The molecule has 0 aromatic carbocycles. The maximum atomic E-state index is 6.96. The summed E-state index contributed by atoms with van der Waals surface area (Å²) in [6.07, 6.45) is 23.2. The first-order valence-corrected chi connectivity index (χ1v) is 13.2. The molecule has 0 heterocycles. The molecule has 0 amide bonds. The minimum Gasteiger partial charge on any atom is -0.370 e. The van der Waals surface area contributed by atoms with E-state index in [9.17, 15) is 0 Å². The Kier molecular flexibility index (Phi) is 6.54. The van der Waals surface area contributed by atoms with E-state index in [1.807, 2.05) is 0 Å². The Morgan fingerprint density at radius 3 is 1.08 bits per heavy atom. The third-order valence-corrected chi connectivity index (χ3v) is 10.6. The summed E-state index contributed by atoms with van der Waals surface area (Å²) >= 11 is 0. The zero-order chi connectivity index (χ0) is 17.0. The number of rotatable bonds is 7. The van der Waals surface area contributed by atoms with Gasteiger partial charge in [0.15, 0.2) is 0 Å². The normalized spacial score (nSPS) is 28.3. The molecule has 4 heteroatoms. The summed E-state index contributed by atoms with van der Waals surface area (Å²) in [5.41, 5.74) is 0.572. The van der Waals surface area contributed by atoms with Crippen molar-refractivity contribution in [1.82, 2.24) is 0 Å². The average molecular weight is 367 g/mol. The summed E-state index contributed by atoms with van der Waals surface area (Å²) in [4.78, 5) is 0. The summed E-state index contributed by atoms with van der Waals surface area (Å²) < 4.78 is 20.9. The lowest BCUT2D eigenvalue weighted by Gasteiger charge is -2.42. The number of hydrogen-bond acceptors (Lipinski definition) is 3. The lowest BCUT2D eigenvalue weighted by Crippen LogP contribution is -2.55. The molecule has 0 aliphatic heterocycles. The quantitative estimate of drug-likeness (QED) is 0.507. The summed E-state index contributed by atoms with van der Waals surface area (Å²) in [5.74, 6) is 0. The maximum Gasteiger partial charge on any atom is 0.504 e. The lowest BCUT2D eigenvalue weighted by atomic mass is 10.0. The van der Waals surface area contributed by atoms with Gasteiger partial charge in [-0.25, -0.2) is 0 Å². The fraction of sp³-hybridized carbons (Fsp3) is 1.00. The van der Waals surface area contributed by atoms with Crippen molar-refractivity contribution in [1.29, 1.82) is 0 Å². The van der Waals surface area contributed by atoms with Gasteiger partial charge in [0.1, 0.15) is 0 Å². The van der Waals surface area contributed by atoms with Gasteiger partial charge in [-0.15, -0.1) is 0 Å². The van der Waals surface area contributed by atoms with Gasteiger partial charge >= 0.3 is 8.80 Å². The van der Waals surface area contributed by atoms with Crippen LogP contribution in [0, 0.1) is 0 Å². The first kappa shape index (κ1) is 18.5. The van der Waals surface area contributed by atoms with Gasteiger partial charge in [-0.05, 0) is 51.4 Å². The molecular formula is C21H38O3Si. The highest BCUT2D eigenvalue weighted by Gasteiger charge is 2.54. The van der Waals surface area contributed by atoms with Gasteiger partial charge in [0.2, 0.25) is 0 Å². The van der Waals surface area contributed by atoms with Crippen molar-refractivity contribution < 1.29 is 13.3 Å². The highest BCUT2D eigenvalue weighted by atomic mass is 28.4. The number of hydrogen-bond donors (Lipinski definition) is 0. The van der Waals surface area contributed by atoms with E-state index < -0.39 is 8.80 Å². The second kappa shape index (κ2) is 8.86. The van der Waals surface area contributed by atoms with E-state index in [1.165, 1.54) is 109 Å². The van der Waals surface area contributed by atoms with Crippen LogP contribution in [-0.2, 0) is 13.3 Å². The van der Waals surface area contributed by atoms with Crippen LogP contribution < -0.4 is 0 Å². The monoisotopic (exact) mass is 366 g/mol. The average Bonchev–Trinajstić information content (AvgIpc) is 3.39. The fourth-order valence-electron chi connectivity index (χ4n) is 5.54. The standard InChI is InChI=1S/C21H38O3Si/c1-2-16-21(17-3-1)25(22-18-10-4-5-11-18,23-19-12-6-7-13-19)24-20-14-8-9-15-20/h18-21H,1-17H2. The third kappa shape index (κ3) is 4.69. The van der Waals surface area contributed by atoms with Crippen LogP contribution in [0.1, 0.15) is 109 Å².